The second kappa shape index (κ2) is 8.96. The summed E-state index contributed by atoms with van der Waals surface area (Å²) in [5.41, 5.74) is 2.78. The van der Waals surface area contributed by atoms with Gasteiger partial charge >= 0.3 is 0 Å². The number of nitrogens with one attached hydrogen (secondary N) is 1. The topological polar surface area (TPSA) is 50.2 Å². The van der Waals surface area contributed by atoms with Crippen molar-refractivity contribution in [3.05, 3.63) is 58.3 Å². The van der Waals surface area contributed by atoms with E-state index in [-0.39, 0.29) is 11.8 Å². The maximum atomic E-state index is 12.9. The van der Waals surface area contributed by atoms with E-state index in [1.165, 1.54) is 0 Å². The monoisotopic (exact) mass is 444 g/mol. The molecule has 0 unspecified atom stereocenters. The van der Waals surface area contributed by atoms with Crippen molar-refractivity contribution in [2.24, 2.45) is 5.92 Å². The maximum absolute atomic E-state index is 12.9. The Morgan fingerprint density at radius 3 is 2.80 bits per heavy atom. The highest BCUT2D eigenvalue weighted by Crippen LogP contribution is 2.28. The predicted octanol–water partition coefficient (Wildman–Crippen LogP) is 5.77. The van der Waals surface area contributed by atoms with Gasteiger partial charge in [-0.25, -0.2) is 4.98 Å². The lowest BCUT2D eigenvalue weighted by Gasteiger charge is -2.32. The normalized spacial score (nSPS) is 17.6. The fourth-order valence-corrected chi connectivity index (χ4v) is 4.68. The molecule has 7 heteroatoms. The van der Waals surface area contributed by atoms with Gasteiger partial charge < -0.3 is 9.88 Å². The third-order valence-electron chi connectivity index (χ3n) is 5.62. The van der Waals surface area contributed by atoms with Crippen LogP contribution in [0.1, 0.15) is 38.6 Å². The fourth-order valence-electron chi connectivity index (χ4n) is 4.22. The van der Waals surface area contributed by atoms with Crippen LogP contribution in [-0.4, -0.2) is 33.4 Å². The van der Waals surface area contributed by atoms with Gasteiger partial charge in [-0.15, -0.1) is 0 Å². The molecule has 1 aliphatic heterocycles. The van der Waals surface area contributed by atoms with Gasteiger partial charge in [-0.1, -0.05) is 35.3 Å². The lowest BCUT2D eigenvalue weighted by atomic mass is 9.97. The van der Waals surface area contributed by atoms with Crippen molar-refractivity contribution in [3.8, 4) is 0 Å². The molecule has 1 aliphatic rings. The zero-order valence-corrected chi connectivity index (χ0v) is 18.7. The first kappa shape index (κ1) is 21.2. The van der Waals surface area contributed by atoms with Gasteiger partial charge in [-0.3, -0.25) is 9.69 Å². The van der Waals surface area contributed by atoms with Crippen LogP contribution in [0.15, 0.2) is 42.5 Å². The number of halogens is 2. The molecule has 30 heavy (non-hydrogen) atoms. The van der Waals surface area contributed by atoms with E-state index in [2.05, 4.69) is 46.8 Å². The standard InChI is InChI=1S/C23H26Cl2N4O/c1-15(2)29-21-8-4-3-7-20(21)26-22(29)14-28-11-5-6-16(13-28)23(30)27-19-10-9-17(24)12-18(19)25/h3-4,7-10,12,15-16H,5-6,11,13-14H2,1-2H3,(H,27,30)/t16-/m1/s1. The summed E-state index contributed by atoms with van der Waals surface area (Å²) in [7, 11) is 0. The average molecular weight is 445 g/mol. The molecule has 3 aromatic rings. The highest BCUT2D eigenvalue weighted by Gasteiger charge is 2.27. The molecule has 0 radical (unpaired) electrons. The molecular formula is C23H26Cl2N4O. The zero-order chi connectivity index (χ0) is 21.3. The van der Waals surface area contributed by atoms with Crippen molar-refractivity contribution >= 4 is 45.8 Å². The maximum Gasteiger partial charge on any atom is 0.228 e. The van der Waals surface area contributed by atoms with E-state index in [4.69, 9.17) is 28.2 Å². The molecule has 1 amide bonds. The summed E-state index contributed by atoms with van der Waals surface area (Å²) in [6, 6.07) is 13.7. The van der Waals surface area contributed by atoms with Gasteiger partial charge in [0, 0.05) is 17.6 Å². The first-order chi connectivity index (χ1) is 14.4. The second-order valence-electron chi connectivity index (χ2n) is 8.17. The van der Waals surface area contributed by atoms with Gasteiger partial charge in [0.1, 0.15) is 5.82 Å². The molecule has 1 aromatic heterocycles. The summed E-state index contributed by atoms with van der Waals surface area (Å²) in [5.74, 6) is 0.969. The molecule has 0 saturated carbocycles. The molecule has 2 heterocycles. The molecule has 5 nitrogen and oxygen atoms in total. The molecule has 0 aliphatic carbocycles. The van der Waals surface area contributed by atoms with Gasteiger partial charge in [0.25, 0.3) is 0 Å². The van der Waals surface area contributed by atoms with Gasteiger partial charge in [0.2, 0.25) is 5.91 Å². The third kappa shape index (κ3) is 4.48. The number of hydrogen-bond donors (Lipinski definition) is 1. The minimum atomic E-state index is -0.0811. The Labute approximate surface area is 187 Å². The average Bonchev–Trinajstić information content (AvgIpc) is 3.08. The first-order valence-electron chi connectivity index (χ1n) is 10.4. The number of rotatable bonds is 5. The SMILES string of the molecule is CC(C)n1c(CN2CCC[C@@H](C(=O)Nc3ccc(Cl)cc3Cl)C2)nc2ccccc21. The van der Waals surface area contributed by atoms with Crippen molar-refractivity contribution in [2.75, 3.05) is 18.4 Å². The molecule has 1 N–H and O–H groups in total. The lowest BCUT2D eigenvalue weighted by Crippen LogP contribution is -2.40. The number of benzene rings is 2. The van der Waals surface area contributed by atoms with Crippen LogP contribution in [0, 0.1) is 5.92 Å². The van der Waals surface area contributed by atoms with Crippen molar-refractivity contribution in [3.63, 3.8) is 0 Å². The first-order valence-corrected chi connectivity index (χ1v) is 11.1. The quantitative estimate of drug-likeness (QED) is 0.542. The molecule has 4 rings (SSSR count). The van der Waals surface area contributed by atoms with Crippen LogP contribution >= 0.6 is 23.2 Å². The van der Waals surface area contributed by atoms with Crippen LogP contribution in [0.2, 0.25) is 10.0 Å². The minimum absolute atomic E-state index is 0.00119. The van der Waals surface area contributed by atoms with Gasteiger partial charge in [0.05, 0.1) is 34.2 Å². The summed E-state index contributed by atoms with van der Waals surface area (Å²) in [6.45, 7) is 6.77. The number of likely N-dealkylation sites (tertiary alicyclic amines) is 1. The van der Waals surface area contributed by atoms with E-state index in [1.807, 2.05) is 6.07 Å². The Hall–Kier alpha value is -2.08. The van der Waals surface area contributed by atoms with E-state index < -0.39 is 0 Å². The van der Waals surface area contributed by atoms with Crippen LogP contribution in [0.25, 0.3) is 11.0 Å². The number of carbonyl (C=O) groups is 1. The molecule has 0 spiro atoms. The number of para-hydroxylation sites is 2. The Balaban J connectivity index is 1.47. The van der Waals surface area contributed by atoms with Gasteiger partial charge in [0.15, 0.2) is 0 Å². The zero-order valence-electron chi connectivity index (χ0n) is 17.2. The molecule has 158 valence electrons. The van der Waals surface area contributed by atoms with Gasteiger partial charge in [-0.05, 0) is 63.6 Å². The van der Waals surface area contributed by atoms with E-state index in [0.717, 1.165) is 42.8 Å². The summed E-state index contributed by atoms with van der Waals surface area (Å²) in [5, 5.41) is 3.97. The van der Waals surface area contributed by atoms with Crippen LogP contribution in [-0.2, 0) is 11.3 Å². The van der Waals surface area contributed by atoms with E-state index in [1.54, 1.807) is 18.2 Å². The van der Waals surface area contributed by atoms with E-state index in [0.29, 0.717) is 28.3 Å². The van der Waals surface area contributed by atoms with Crippen LogP contribution in [0.4, 0.5) is 5.69 Å². The molecule has 1 fully saturated rings. The molecular weight excluding hydrogens is 419 g/mol. The van der Waals surface area contributed by atoms with Crippen LogP contribution in [0.5, 0.6) is 0 Å². The smallest absolute Gasteiger partial charge is 0.228 e. The highest BCUT2D eigenvalue weighted by atomic mass is 35.5. The van der Waals surface area contributed by atoms with E-state index in [9.17, 15) is 4.79 Å². The number of imidazole rings is 1. The summed E-state index contributed by atoms with van der Waals surface area (Å²) in [6.07, 6.45) is 1.85. The third-order valence-corrected chi connectivity index (χ3v) is 6.16. The van der Waals surface area contributed by atoms with E-state index >= 15 is 0 Å². The number of carbonyl (C=O) groups excluding carboxylic acids is 1. The Morgan fingerprint density at radius 1 is 1.23 bits per heavy atom. The number of amides is 1. The van der Waals surface area contributed by atoms with Crippen molar-refractivity contribution in [1.29, 1.82) is 0 Å². The number of fused-ring (bicyclic) bond motifs is 1. The van der Waals surface area contributed by atoms with Crippen molar-refractivity contribution < 1.29 is 4.79 Å². The van der Waals surface area contributed by atoms with Crippen molar-refractivity contribution in [2.45, 2.75) is 39.3 Å². The second-order valence-corrected chi connectivity index (χ2v) is 9.01. The lowest BCUT2D eigenvalue weighted by molar-refractivity contribution is -0.121. The molecule has 1 saturated heterocycles. The van der Waals surface area contributed by atoms with Crippen LogP contribution in [0.3, 0.4) is 0 Å². The highest BCUT2D eigenvalue weighted by molar-refractivity contribution is 6.36. The van der Waals surface area contributed by atoms with Crippen molar-refractivity contribution in [1.82, 2.24) is 14.5 Å². The Bertz CT molecular complexity index is 1060. The number of anilines is 1. The minimum Gasteiger partial charge on any atom is -0.324 e. The predicted molar refractivity (Wildman–Crippen MR) is 123 cm³/mol. The largest absolute Gasteiger partial charge is 0.324 e. The Morgan fingerprint density at radius 2 is 2.03 bits per heavy atom. The number of hydrogen-bond acceptors (Lipinski definition) is 3. The molecule has 2 aromatic carbocycles. The molecule has 0 bridgehead atoms. The Kier molecular flexibility index (Phi) is 6.32. The summed E-state index contributed by atoms with van der Waals surface area (Å²) < 4.78 is 2.30. The van der Waals surface area contributed by atoms with Crippen LogP contribution < -0.4 is 5.32 Å². The summed E-state index contributed by atoms with van der Waals surface area (Å²) in [4.78, 5) is 20.1. The number of aromatic nitrogens is 2. The number of nitrogens with zero attached hydrogens (tertiary/aromatic N) is 3. The number of piperidine rings is 1. The van der Waals surface area contributed by atoms with Gasteiger partial charge in [-0.2, -0.15) is 0 Å². The fraction of sp³-hybridized carbons (Fsp3) is 0.391. The summed E-state index contributed by atoms with van der Waals surface area (Å²) >= 11 is 12.2. The molecule has 1 atom stereocenters.